The van der Waals surface area contributed by atoms with Gasteiger partial charge in [-0.05, 0) is 38.9 Å². The van der Waals surface area contributed by atoms with Crippen LogP contribution in [0.25, 0.3) is 0 Å². The molecule has 3 rings (SSSR count). The normalized spacial score (nSPS) is 21.5. The van der Waals surface area contributed by atoms with E-state index in [-0.39, 0.29) is 5.91 Å². The number of likely N-dealkylation sites (tertiary alicyclic amines) is 1. The van der Waals surface area contributed by atoms with Crippen LogP contribution in [0.1, 0.15) is 30.3 Å². The Hall–Kier alpha value is -1.50. The van der Waals surface area contributed by atoms with Crippen LogP contribution in [0.3, 0.4) is 0 Å². The molecule has 138 valence electrons. The molecule has 6 heteroatoms. The molecule has 0 spiro atoms. The maximum Gasteiger partial charge on any atom is 0.272 e. The number of carbonyl (C=O) groups excluding carboxylic acids is 1. The SMILES string of the molecule is C[C@@H](CN(C)C1CCN(C(=O)c2ccccn2)CC1)N1CCOCC1. The number of rotatable bonds is 5. The van der Waals surface area contributed by atoms with E-state index in [1.165, 1.54) is 0 Å². The molecule has 0 aliphatic carbocycles. The van der Waals surface area contributed by atoms with Crippen molar-refractivity contribution in [3.8, 4) is 0 Å². The molecule has 2 aliphatic heterocycles. The van der Waals surface area contributed by atoms with E-state index in [1.54, 1.807) is 12.3 Å². The summed E-state index contributed by atoms with van der Waals surface area (Å²) in [5.41, 5.74) is 0.551. The molecule has 1 amide bonds. The Kier molecular flexibility index (Phi) is 6.39. The molecule has 0 N–H and O–H groups in total. The van der Waals surface area contributed by atoms with E-state index < -0.39 is 0 Å². The van der Waals surface area contributed by atoms with Gasteiger partial charge in [0.25, 0.3) is 5.91 Å². The number of likely N-dealkylation sites (N-methyl/N-ethyl adjacent to an activating group) is 1. The molecule has 25 heavy (non-hydrogen) atoms. The van der Waals surface area contributed by atoms with Gasteiger partial charge in [0.15, 0.2) is 0 Å². The number of carbonyl (C=O) groups is 1. The Bertz CT molecular complexity index is 540. The summed E-state index contributed by atoms with van der Waals surface area (Å²) in [7, 11) is 2.22. The van der Waals surface area contributed by atoms with E-state index in [0.29, 0.717) is 17.8 Å². The van der Waals surface area contributed by atoms with Crippen molar-refractivity contribution in [3.05, 3.63) is 30.1 Å². The lowest BCUT2D eigenvalue weighted by atomic mass is 10.0. The van der Waals surface area contributed by atoms with Gasteiger partial charge in [0.1, 0.15) is 5.69 Å². The predicted molar refractivity (Wildman–Crippen MR) is 97.6 cm³/mol. The number of pyridine rings is 1. The Morgan fingerprint density at radius 3 is 2.64 bits per heavy atom. The number of piperidine rings is 1. The van der Waals surface area contributed by atoms with Gasteiger partial charge in [0, 0.05) is 51.0 Å². The smallest absolute Gasteiger partial charge is 0.272 e. The van der Waals surface area contributed by atoms with Crippen LogP contribution in [0, 0.1) is 0 Å². The van der Waals surface area contributed by atoms with Gasteiger partial charge < -0.3 is 14.5 Å². The molecule has 1 atom stereocenters. The highest BCUT2D eigenvalue weighted by Crippen LogP contribution is 2.18. The number of morpholine rings is 1. The molecule has 0 radical (unpaired) electrons. The number of nitrogens with zero attached hydrogens (tertiary/aromatic N) is 4. The summed E-state index contributed by atoms with van der Waals surface area (Å²) in [4.78, 5) is 23.6. The molecular weight excluding hydrogens is 316 g/mol. The van der Waals surface area contributed by atoms with Crippen molar-refractivity contribution >= 4 is 5.91 Å². The summed E-state index contributed by atoms with van der Waals surface area (Å²) in [6, 6.07) is 6.60. The van der Waals surface area contributed by atoms with E-state index in [1.807, 2.05) is 17.0 Å². The lowest BCUT2D eigenvalue weighted by Gasteiger charge is -2.40. The van der Waals surface area contributed by atoms with Crippen LogP contribution in [-0.4, -0.2) is 90.7 Å². The third-order valence-electron chi connectivity index (χ3n) is 5.48. The molecule has 2 saturated heterocycles. The standard InChI is InChI=1S/C19H30N4O2/c1-16(22-11-13-25-14-12-22)15-21(2)17-6-9-23(10-7-17)19(24)18-5-3-4-8-20-18/h3-5,8,16-17H,6-7,9-15H2,1-2H3/t16-/m0/s1. The first kappa shape index (κ1) is 18.3. The molecule has 0 saturated carbocycles. The fraction of sp³-hybridized carbons (Fsp3) is 0.684. The van der Waals surface area contributed by atoms with E-state index in [2.05, 4.69) is 28.8 Å². The van der Waals surface area contributed by atoms with Crippen molar-refractivity contribution in [2.24, 2.45) is 0 Å². The van der Waals surface area contributed by atoms with Gasteiger partial charge in [-0.3, -0.25) is 14.7 Å². The molecule has 2 fully saturated rings. The largest absolute Gasteiger partial charge is 0.379 e. The van der Waals surface area contributed by atoms with Crippen molar-refractivity contribution in [1.82, 2.24) is 19.7 Å². The first-order chi connectivity index (χ1) is 12.1. The summed E-state index contributed by atoms with van der Waals surface area (Å²) in [6.07, 6.45) is 3.75. The van der Waals surface area contributed by atoms with Gasteiger partial charge in [-0.15, -0.1) is 0 Å². The number of amides is 1. The molecule has 0 aromatic carbocycles. The maximum atomic E-state index is 12.5. The minimum absolute atomic E-state index is 0.0587. The first-order valence-corrected chi connectivity index (χ1v) is 9.37. The zero-order chi connectivity index (χ0) is 17.6. The Labute approximate surface area is 150 Å². The monoisotopic (exact) mass is 346 g/mol. The van der Waals surface area contributed by atoms with Crippen LogP contribution in [0.15, 0.2) is 24.4 Å². The minimum atomic E-state index is 0.0587. The number of ether oxygens (including phenoxy) is 1. The van der Waals surface area contributed by atoms with Crippen molar-refractivity contribution < 1.29 is 9.53 Å². The van der Waals surface area contributed by atoms with Crippen LogP contribution in [0.5, 0.6) is 0 Å². The van der Waals surface area contributed by atoms with Gasteiger partial charge in [-0.1, -0.05) is 6.07 Å². The summed E-state index contributed by atoms with van der Waals surface area (Å²) in [5, 5.41) is 0. The molecule has 6 nitrogen and oxygen atoms in total. The zero-order valence-corrected chi connectivity index (χ0v) is 15.4. The summed E-state index contributed by atoms with van der Waals surface area (Å²) in [6.45, 7) is 8.77. The average Bonchev–Trinajstić information content (AvgIpc) is 2.69. The number of hydrogen-bond acceptors (Lipinski definition) is 5. The van der Waals surface area contributed by atoms with Gasteiger partial charge in [-0.2, -0.15) is 0 Å². The fourth-order valence-electron chi connectivity index (χ4n) is 3.86. The molecule has 3 heterocycles. The first-order valence-electron chi connectivity index (χ1n) is 9.37. The quantitative estimate of drug-likeness (QED) is 0.805. The third kappa shape index (κ3) is 4.77. The second-order valence-electron chi connectivity index (χ2n) is 7.18. The van der Waals surface area contributed by atoms with Crippen molar-refractivity contribution in [1.29, 1.82) is 0 Å². The van der Waals surface area contributed by atoms with E-state index in [9.17, 15) is 4.79 Å². The topological polar surface area (TPSA) is 48.9 Å². The highest BCUT2D eigenvalue weighted by Gasteiger charge is 2.28. The van der Waals surface area contributed by atoms with E-state index in [0.717, 1.165) is 58.8 Å². The van der Waals surface area contributed by atoms with E-state index in [4.69, 9.17) is 4.74 Å². The van der Waals surface area contributed by atoms with Crippen LogP contribution >= 0.6 is 0 Å². The molecule has 2 aliphatic rings. The zero-order valence-electron chi connectivity index (χ0n) is 15.4. The lowest BCUT2D eigenvalue weighted by molar-refractivity contribution is 0.00865. The van der Waals surface area contributed by atoms with Crippen LogP contribution < -0.4 is 0 Å². The van der Waals surface area contributed by atoms with Gasteiger partial charge >= 0.3 is 0 Å². The molecule has 0 bridgehead atoms. The lowest BCUT2D eigenvalue weighted by Crippen LogP contribution is -2.51. The predicted octanol–water partition coefficient (Wildman–Crippen LogP) is 1.34. The van der Waals surface area contributed by atoms with Gasteiger partial charge in [0.05, 0.1) is 13.2 Å². The summed E-state index contributed by atoms with van der Waals surface area (Å²) < 4.78 is 5.44. The Morgan fingerprint density at radius 1 is 1.28 bits per heavy atom. The van der Waals surface area contributed by atoms with Gasteiger partial charge in [0.2, 0.25) is 0 Å². The minimum Gasteiger partial charge on any atom is -0.379 e. The summed E-state index contributed by atoms with van der Waals surface area (Å²) in [5.74, 6) is 0.0587. The fourth-order valence-corrected chi connectivity index (χ4v) is 3.86. The molecule has 1 aromatic rings. The van der Waals surface area contributed by atoms with Crippen molar-refractivity contribution in [2.75, 3.05) is 53.0 Å². The molecule has 1 aromatic heterocycles. The van der Waals surface area contributed by atoms with E-state index >= 15 is 0 Å². The highest BCUT2D eigenvalue weighted by atomic mass is 16.5. The molecule has 0 unspecified atom stereocenters. The number of aromatic nitrogens is 1. The maximum absolute atomic E-state index is 12.5. The third-order valence-corrected chi connectivity index (χ3v) is 5.48. The number of hydrogen-bond donors (Lipinski definition) is 0. The van der Waals surface area contributed by atoms with Gasteiger partial charge in [-0.25, -0.2) is 0 Å². The second kappa shape index (κ2) is 8.74. The Balaban J connectivity index is 1.45. The van der Waals surface area contributed by atoms with Crippen molar-refractivity contribution in [2.45, 2.75) is 31.8 Å². The highest BCUT2D eigenvalue weighted by molar-refractivity contribution is 5.92. The molecular formula is C19H30N4O2. The average molecular weight is 346 g/mol. The van der Waals surface area contributed by atoms with Crippen LogP contribution in [0.2, 0.25) is 0 Å². The van der Waals surface area contributed by atoms with Crippen molar-refractivity contribution in [3.63, 3.8) is 0 Å². The van der Waals surface area contributed by atoms with Crippen LogP contribution in [-0.2, 0) is 4.74 Å². The summed E-state index contributed by atoms with van der Waals surface area (Å²) >= 11 is 0. The Morgan fingerprint density at radius 2 is 2.00 bits per heavy atom. The second-order valence-corrected chi connectivity index (χ2v) is 7.18. The van der Waals surface area contributed by atoms with Crippen LogP contribution in [0.4, 0.5) is 0 Å².